The van der Waals surface area contributed by atoms with Crippen molar-refractivity contribution in [2.24, 2.45) is 0 Å². The normalized spacial score (nSPS) is 22.8. The van der Waals surface area contributed by atoms with E-state index in [0.29, 0.717) is 34.6 Å². The van der Waals surface area contributed by atoms with Crippen LogP contribution in [0.25, 0.3) is 21.1 Å². The largest absolute Gasteiger partial charge is 0.431 e. The van der Waals surface area contributed by atoms with Gasteiger partial charge in [-0.15, -0.1) is 0 Å². The van der Waals surface area contributed by atoms with E-state index in [4.69, 9.17) is 4.74 Å². The Balaban J connectivity index is 1.19. The topological polar surface area (TPSA) is 70.2 Å². The first kappa shape index (κ1) is 20.6. The van der Waals surface area contributed by atoms with Crippen LogP contribution in [0.5, 0.6) is 10.9 Å². The van der Waals surface area contributed by atoms with E-state index in [1.165, 1.54) is 41.2 Å². The summed E-state index contributed by atoms with van der Waals surface area (Å²) in [7, 11) is 0. The molecular weight excluding hydrogens is 439 g/mol. The number of thiazole rings is 1. The summed E-state index contributed by atoms with van der Waals surface area (Å²) in [4.78, 5) is 21.8. The summed E-state index contributed by atoms with van der Waals surface area (Å²) in [6.45, 7) is 2.51. The molecule has 2 aliphatic rings. The Morgan fingerprint density at radius 1 is 1.27 bits per heavy atom. The first-order valence-corrected chi connectivity index (χ1v) is 12.2. The lowest BCUT2D eigenvalue weighted by Gasteiger charge is -2.39. The molecule has 0 radical (unpaired) electrons. The van der Waals surface area contributed by atoms with Gasteiger partial charge in [0, 0.05) is 54.8 Å². The number of carbonyl (C=O) groups is 1. The molecule has 2 aromatic carbocycles. The lowest BCUT2D eigenvalue weighted by molar-refractivity contribution is -0.120. The smallest absolute Gasteiger partial charge is 0.279 e. The molecule has 0 saturated carbocycles. The second-order valence-electron chi connectivity index (χ2n) is 9.12. The molecule has 2 fully saturated rings. The van der Waals surface area contributed by atoms with Gasteiger partial charge in [-0.2, -0.15) is 4.98 Å². The molecule has 0 spiro atoms. The minimum absolute atomic E-state index is 0.0680. The number of hydrogen-bond donors (Lipinski definition) is 2. The van der Waals surface area contributed by atoms with Crippen molar-refractivity contribution in [1.82, 2.24) is 20.2 Å². The first-order chi connectivity index (χ1) is 16.0. The van der Waals surface area contributed by atoms with Crippen molar-refractivity contribution in [3.05, 3.63) is 54.0 Å². The zero-order valence-electron chi connectivity index (χ0n) is 18.3. The molecule has 1 amide bonds. The zero-order chi connectivity index (χ0) is 22.5. The van der Waals surface area contributed by atoms with Crippen molar-refractivity contribution in [3.8, 4) is 10.9 Å². The summed E-state index contributed by atoms with van der Waals surface area (Å²) in [6.07, 6.45) is 6.53. The third kappa shape index (κ3) is 3.87. The predicted molar refractivity (Wildman–Crippen MR) is 127 cm³/mol. The van der Waals surface area contributed by atoms with E-state index < -0.39 is 0 Å². The molecule has 2 aliphatic heterocycles. The van der Waals surface area contributed by atoms with E-state index in [9.17, 15) is 9.18 Å². The number of para-hydroxylation sites is 1. The summed E-state index contributed by atoms with van der Waals surface area (Å²) >= 11 is 1.33. The van der Waals surface area contributed by atoms with Gasteiger partial charge in [0.05, 0.1) is 4.70 Å². The number of aromatic nitrogens is 2. The second kappa shape index (κ2) is 8.11. The maximum atomic E-state index is 13.9. The molecule has 33 heavy (non-hydrogen) atoms. The van der Waals surface area contributed by atoms with Gasteiger partial charge in [0.25, 0.3) is 5.19 Å². The number of piperidine rings is 1. The number of amides is 1. The Hall–Kier alpha value is -2.97. The molecule has 1 unspecified atom stereocenters. The summed E-state index contributed by atoms with van der Waals surface area (Å²) in [5, 5.41) is 4.73. The van der Waals surface area contributed by atoms with Crippen LogP contribution >= 0.6 is 11.3 Å². The Morgan fingerprint density at radius 3 is 2.85 bits per heavy atom. The average Bonchev–Trinajstić information content (AvgIpc) is 3.43. The number of benzene rings is 2. The van der Waals surface area contributed by atoms with Gasteiger partial charge in [-0.25, -0.2) is 4.39 Å². The Bertz CT molecular complexity index is 1330. The minimum atomic E-state index is -0.335. The maximum absolute atomic E-state index is 13.9. The molecule has 6 rings (SSSR count). The number of rotatable bonds is 5. The first-order valence-electron chi connectivity index (χ1n) is 11.4. The SMILES string of the molecule is CC(=O)NC1C[C@H]2CC[C@@H](C1)N2Cc1c[nH]c2cc(Oc3nc4c(F)cccc4s3)ccc12. The lowest BCUT2D eigenvalue weighted by Crippen LogP contribution is -2.49. The number of halogens is 1. The van der Waals surface area contributed by atoms with Crippen molar-refractivity contribution in [2.45, 2.75) is 57.3 Å². The molecule has 3 atom stereocenters. The van der Waals surface area contributed by atoms with Gasteiger partial charge in [0.2, 0.25) is 5.91 Å². The van der Waals surface area contributed by atoms with Gasteiger partial charge in [-0.3, -0.25) is 9.69 Å². The third-order valence-electron chi connectivity index (χ3n) is 6.94. The van der Waals surface area contributed by atoms with Gasteiger partial charge < -0.3 is 15.0 Å². The quantitative estimate of drug-likeness (QED) is 0.418. The van der Waals surface area contributed by atoms with Crippen molar-refractivity contribution < 1.29 is 13.9 Å². The molecule has 4 heterocycles. The van der Waals surface area contributed by atoms with Crippen LogP contribution in [-0.4, -0.2) is 38.9 Å². The van der Waals surface area contributed by atoms with E-state index in [1.54, 1.807) is 13.0 Å². The number of ether oxygens (including phenoxy) is 1. The molecule has 8 heteroatoms. The van der Waals surface area contributed by atoms with Gasteiger partial charge in [0.1, 0.15) is 17.1 Å². The molecule has 2 aromatic heterocycles. The number of fused-ring (bicyclic) bond motifs is 4. The van der Waals surface area contributed by atoms with Crippen LogP contribution in [0, 0.1) is 5.82 Å². The van der Waals surface area contributed by atoms with E-state index in [1.807, 2.05) is 18.2 Å². The van der Waals surface area contributed by atoms with Crippen LogP contribution in [0.3, 0.4) is 0 Å². The van der Waals surface area contributed by atoms with Gasteiger partial charge in [-0.05, 0) is 55.5 Å². The highest BCUT2D eigenvalue weighted by molar-refractivity contribution is 7.20. The third-order valence-corrected chi connectivity index (χ3v) is 7.84. The van der Waals surface area contributed by atoms with E-state index in [2.05, 4.69) is 32.4 Å². The Labute approximate surface area is 194 Å². The maximum Gasteiger partial charge on any atom is 0.279 e. The second-order valence-corrected chi connectivity index (χ2v) is 10.1. The number of H-pyrrole nitrogens is 1. The predicted octanol–water partition coefficient (Wildman–Crippen LogP) is 5.34. The number of aromatic amines is 1. The van der Waals surface area contributed by atoms with E-state index >= 15 is 0 Å². The van der Waals surface area contributed by atoms with Crippen molar-refractivity contribution >= 4 is 38.4 Å². The van der Waals surface area contributed by atoms with E-state index in [0.717, 1.165) is 29.6 Å². The van der Waals surface area contributed by atoms with Crippen molar-refractivity contribution in [2.75, 3.05) is 0 Å². The fourth-order valence-corrected chi connectivity index (χ4v) is 6.38. The highest BCUT2D eigenvalue weighted by Gasteiger charge is 2.40. The number of nitrogens with one attached hydrogen (secondary N) is 2. The summed E-state index contributed by atoms with van der Waals surface area (Å²) < 4.78 is 20.7. The number of hydrogen-bond acceptors (Lipinski definition) is 5. The molecule has 4 aromatic rings. The average molecular weight is 465 g/mol. The van der Waals surface area contributed by atoms with Gasteiger partial charge in [-0.1, -0.05) is 17.4 Å². The van der Waals surface area contributed by atoms with Crippen LogP contribution in [-0.2, 0) is 11.3 Å². The molecule has 2 bridgehead atoms. The van der Waals surface area contributed by atoms with Gasteiger partial charge in [0.15, 0.2) is 0 Å². The monoisotopic (exact) mass is 464 g/mol. The lowest BCUT2D eigenvalue weighted by atomic mass is 9.96. The van der Waals surface area contributed by atoms with Gasteiger partial charge >= 0.3 is 0 Å². The standard InChI is InChI=1S/C25H25FN4O2S/c1-14(31)28-16-9-17-5-6-18(10-16)30(17)13-15-12-27-22-11-19(7-8-20(15)22)32-25-29-24-21(26)3-2-4-23(24)33-25/h2-4,7-8,11-12,16-18,27H,5-6,9-10,13H2,1H3,(H,28,31)/t16?,17-,18+. The summed E-state index contributed by atoms with van der Waals surface area (Å²) in [5.74, 6) is 0.406. The number of nitrogens with zero attached hydrogens (tertiary/aromatic N) is 2. The molecule has 0 aliphatic carbocycles. The molecule has 2 N–H and O–H groups in total. The molecular formula is C25H25FN4O2S. The summed E-state index contributed by atoms with van der Waals surface area (Å²) in [6, 6.07) is 12.3. The number of carbonyl (C=O) groups excluding carboxylic acids is 1. The molecule has 2 saturated heterocycles. The van der Waals surface area contributed by atoms with Crippen LogP contribution in [0.1, 0.15) is 38.2 Å². The fraction of sp³-hybridized carbons (Fsp3) is 0.360. The zero-order valence-corrected chi connectivity index (χ0v) is 19.1. The molecule has 6 nitrogen and oxygen atoms in total. The minimum Gasteiger partial charge on any atom is -0.431 e. The Kier molecular flexibility index (Phi) is 5.07. The fourth-order valence-electron chi connectivity index (χ4n) is 5.53. The van der Waals surface area contributed by atoms with Crippen LogP contribution < -0.4 is 10.1 Å². The summed E-state index contributed by atoms with van der Waals surface area (Å²) in [5.41, 5.74) is 2.63. The highest BCUT2D eigenvalue weighted by Crippen LogP contribution is 2.38. The highest BCUT2D eigenvalue weighted by atomic mass is 32.1. The van der Waals surface area contributed by atoms with Crippen molar-refractivity contribution in [3.63, 3.8) is 0 Å². The van der Waals surface area contributed by atoms with Crippen LogP contribution in [0.2, 0.25) is 0 Å². The van der Waals surface area contributed by atoms with Crippen LogP contribution in [0.15, 0.2) is 42.6 Å². The van der Waals surface area contributed by atoms with Crippen LogP contribution in [0.4, 0.5) is 4.39 Å². The Morgan fingerprint density at radius 2 is 2.09 bits per heavy atom. The molecule has 170 valence electrons. The van der Waals surface area contributed by atoms with E-state index in [-0.39, 0.29) is 11.7 Å². The van der Waals surface area contributed by atoms with Crippen molar-refractivity contribution in [1.29, 1.82) is 0 Å².